The van der Waals surface area contributed by atoms with Crippen LogP contribution < -0.4 is 4.74 Å². The molecule has 134 valence electrons. The lowest BCUT2D eigenvalue weighted by Gasteiger charge is -2.12. The molecule has 3 rings (SSSR count). The molecule has 3 aromatic rings. The monoisotopic (exact) mass is 362 g/mol. The minimum Gasteiger partial charge on any atom is -0.462 e. The maximum absolute atomic E-state index is 12.9. The van der Waals surface area contributed by atoms with Crippen molar-refractivity contribution in [1.29, 1.82) is 0 Å². The van der Waals surface area contributed by atoms with Gasteiger partial charge in [-0.05, 0) is 31.2 Å². The maximum Gasteiger partial charge on any atom is 0.416 e. The maximum atomic E-state index is 12.9. The Labute approximate surface area is 146 Å². The summed E-state index contributed by atoms with van der Waals surface area (Å²) in [6, 6.07) is 11.0. The summed E-state index contributed by atoms with van der Waals surface area (Å²) >= 11 is 0. The van der Waals surface area contributed by atoms with Crippen molar-refractivity contribution in [2.24, 2.45) is 0 Å². The third-order valence-electron chi connectivity index (χ3n) is 3.49. The van der Waals surface area contributed by atoms with Gasteiger partial charge in [-0.3, -0.25) is 0 Å². The second-order valence-corrected chi connectivity index (χ2v) is 5.25. The van der Waals surface area contributed by atoms with E-state index in [4.69, 9.17) is 9.47 Å². The van der Waals surface area contributed by atoms with Gasteiger partial charge in [-0.25, -0.2) is 4.79 Å². The van der Waals surface area contributed by atoms with Gasteiger partial charge in [-0.1, -0.05) is 24.3 Å². The number of alkyl halides is 3. The summed E-state index contributed by atoms with van der Waals surface area (Å²) in [5.41, 5.74) is -0.428. The van der Waals surface area contributed by atoms with Crippen LogP contribution >= 0.6 is 0 Å². The van der Waals surface area contributed by atoms with Gasteiger partial charge in [0.25, 0.3) is 5.88 Å². The van der Waals surface area contributed by atoms with Crippen LogP contribution in [0.5, 0.6) is 11.6 Å². The van der Waals surface area contributed by atoms with Crippen molar-refractivity contribution < 1.29 is 27.4 Å². The molecule has 0 aliphatic heterocycles. The molecule has 0 unspecified atom stereocenters. The highest BCUT2D eigenvalue weighted by molar-refractivity contribution is 6.05. The van der Waals surface area contributed by atoms with Gasteiger partial charge in [0, 0.05) is 5.39 Å². The number of rotatable bonds is 4. The highest BCUT2D eigenvalue weighted by Gasteiger charge is 2.31. The van der Waals surface area contributed by atoms with Gasteiger partial charge < -0.3 is 9.47 Å². The lowest BCUT2D eigenvalue weighted by molar-refractivity contribution is -0.137. The lowest BCUT2D eigenvalue weighted by atomic mass is 10.1. The molecule has 0 amide bonds. The van der Waals surface area contributed by atoms with Crippen molar-refractivity contribution in [3.05, 3.63) is 59.7 Å². The van der Waals surface area contributed by atoms with Gasteiger partial charge in [0.05, 0.1) is 17.7 Å². The van der Waals surface area contributed by atoms with Crippen LogP contribution in [0.4, 0.5) is 13.2 Å². The highest BCUT2D eigenvalue weighted by atomic mass is 19.4. The van der Waals surface area contributed by atoms with Crippen molar-refractivity contribution in [3.8, 4) is 11.6 Å². The van der Waals surface area contributed by atoms with Gasteiger partial charge in [-0.2, -0.15) is 13.2 Å². The molecular formula is C18H13F3N2O3. The minimum absolute atomic E-state index is 0.00913. The molecule has 8 heteroatoms. The van der Waals surface area contributed by atoms with Gasteiger partial charge in [0.15, 0.2) is 0 Å². The predicted octanol–water partition coefficient (Wildman–Crippen LogP) is 4.62. The fourth-order valence-electron chi connectivity index (χ4n) is 2.36. The van der Waals surface area contributed by atoms with Crippen LogP contribution in [0.1, 0.15) is 22.8 Å². The van der Waals surface area contributed by atoms with Gasteiger partial charge in [0.1, 0.15) is 11.3 Å². The summed E-state index contributed by atoms with van der Waals surface area (Å²) in [5.74, 6) is -1.03. The number of benzene rings is 2. The Kier molecular flexibility index (Phi) is 4.75. The zero-order valence-electron chi connectivity index (χ0n) is 13.6. The van der Waals surface area contributed by atoms with Crippen LogP contribution in [0.15, 0.2) is 48.5 Å². The molecule has 0 aliphatic rings. The summed E-state index contributed by atoms with van der Waals surface area (Å²) in [6.45, 7) is 1.76. The van der Waals surface area contributed by atoms with Crippen LogP contribution in [-0.2, 0) is 10.9 Å². The third kappa shape index (κ3) is 3.58. The molecule has 0 N–H and O–H groups in total. The number of carbonyl (C=O) groups is 1. The number of ether oxygens (including phenoxy) is 2. The standard InChI is InChI=1S/C18H13F3N2O3/c1-2-25-17(24)15-13-8-3-4-9-14(13)22-23-16(15)26-12-7-5-6-11(10-12)18(19,20)21/h3-10H,2H2,1H3. The van der Waals surface area contributed by atoms with Crippen molar-refractivity contribution in [2.45, 2.75) is 13.1 Å². The Bertz CT molecular complexity index is 958. The van der Waals surface area contributed by atoms with Gasteiger partial charge in [0.2, 0.25) is 0 Å². The molecule has 0 saturated carbocycles. The fourth-order valence-corrected chi connectivity index (χ4v) is 2.36. The highest BCUT2D eigenvalue weighted by Crippen LogP contribution is 2.34. The molecule has 0 aliphatic carbocycles. The molecule has 0 fully saturated rings. The minimum atomic E-state index is -4.52. The molecule has 0 bridgehead atoms. The zero-order valence-corrected chi connectivity index (χ0v) is 13.6. The van der Waals surface area contributed by atoms with Crippen LogP contribution in [0.3, 0.4) is 0 Å². The molecule has 0 saturated heterocycles. The Hall–Kier alpha value is -3.16. The quantitative estimate of drug-likeness (QED) is 0.634. The summed E-state index contributed by atoms with van der Waals surface area (Å²) in [7, 11) is 0. The van der Waals surface area contributed by atoms with E-state index < -0.39 is 17.7 Å². The smallest absolute Gasteiger partial charge is 0.416 e. The number of fused-ring (bicyclic) bond motifs is 1. The second-order valence-electron chi connectivity index (χ2n) is 5.25. The number of hydrogen-bond donors (Lipinski definition) is 0. The molecular weight excluding hydrogens is 349 g/mol. The number of esters is 1. The van der Waals surface area contributed by atoms with E-state index in [1.54, 1.807) is 31.2 Å². The molecule has 0 spiro atoms. The third-order valence-corrected chi connectivity index (χ3v) is 3.49. The topological polar surface area (TPSA) is 61.3 Å². The van der Waals surface area contributed by atoms with Crippen LogP contribution in [0.2, 0.25) is 0 Å². The normalized spacial score (nSPS) is 11.4. The van der Waals surface area contributed by atoms with E-state index >= 15 is 0 Å². The van der Waals surface area contributed by atoms with Crippen LogP contribution in [0.25, 0.3) is 10.9 Å². The Morgan fingerprint density at radius 2 is 1.85 bits per heavy atom. The Morgan fingerprint density at radius 3 is 2.58 bits per heavy atom. The lowest BCUT2D eigenvalue weighted by Crippen LogP contribution is -2.10. The second kappa shape index (κ2) is 6.99. The number of halogens is 3. The average molecular weight is 362 g/mol. The Balaban J connectivity index is 2.08. The van der Waals surface area contributed by atoms with Crippen molar-refractivity contribution in [2.75, 3.05) is 6.61 Å². The molecule has 1 aromatic heterocycles. The van der Waals surface area contributed by atoms with E-state index in [2.05, 4.69) is 10.2 Å². The summed E-state index contributed by atoms with van der Waals surface area (Å²) in [6.07, 6.45) is -4.52. The van der Waals surface area contributed by atoms with E-state index in [1.807, 2.05) is 0 Å². The molecule has 26 heavy (non-hydrogen) atoms. The molecule has 1 heterocycles. The number of nitrogens with zero attached hydrogens (tertiary/aromatic N) is 2. The first-order valence-corrected chi connectivity index (χ1v) is 7.68. The van der Waals surface area contributed by atoms with Gasteiger partial charge >= 0.3 is 12.1 Å². The van der Waals surface area contributed by atoms with E-state index in [9.17, 15) is 18.0 Å². The molecule has 5 nitrogen and oxygen atoms in total. The first-order valence-electron chi connectivity index (χ1n) is 7.68. The first-order chi connectivity index (χ1) is 12.4. The molecule has 0 atom stereocenters. The summed E-state index contributed by atoms with van der Waals surface area (Å²) in [4.78, 5) is 12.3. The average Bonchev–Trinajstić information content (AvgIpc) is 2.61. The molecule has 0 radical (unpaired) electrons. The van der Waals surface area contributed by atoms with E-state index in [1.165, 1.54) is 12.1 Å². The number of carbonyl (C=O) groups excluding carboxylic acids is 1. The van der Waals surface area contributed by atoms with E-state index in [0.717, 1.165) is 12.1 Å². The number of aromatic nitrogens is 2. The van der Waals surface area contributed by atoms with Crippen molar-refractivity contribution in [3.63, 3.8) is 0 Å². The SMILES string of the molecule is CCOC(=O)c1c(Oc2cccc(C(F)(F)F)c2)nnc2ccccc12. The van der Waals surface area contributed by atoms with Crippen LogP contribution in [-0.4, -0.2) is 22.8 Å². The van der Waals surface area contributed by atoms with Crippen LogP contribution in [0, 0.1) is 0 Å². The van der Waals surface area contributed by atoms with E-state index in [0.29, 0.717) is 10.9 Å². The first kappa shape index (κ1) is 17.7. The fraction of sp³-hybridized carbons (Fsp3) is 0.167. The van der Waals surface area contributed by atoms with Gasteiger partial charge in [-0.15, -0.1) is 10.2 Å². The summed E-state index contributed by atoms with van der Waals surface area (Å²) in [5, 5.41) is 8.22. The summed E-state index contributed by atoms with van der Waals surface area (Å²) < 4.78 is 49.1. The molecule has 2 aromatic carbocycles. The van der Waals surface area contributed by atoms with Crippen molar-refractivity contribution in [1.82, 2.24) is 10.2 Å². The largest absolute Gasteiger partial charge is 0.462 e. The van der Waals surface area contributed by atoms with Crippen molar-refractivity contribution >= 4 is 16.9 Å². The zero-order chi connectivity index (χ0) is 18.7. The van der Waals surface area contributed by atoms with E-state index in [-0.39, 0.29) is 23.8 Å². The predicted molar refractivity (Wildman–Crippen MR) is 87.0 cm³/mol. The number of hydrogen-bond acceptors (Lipinski definition) is 5. The Morgan fingerprint density at radius 1 is 1.08 bits per heavy atom.